The van der Waals surface area contributed by atoms with E-state index in [1.165, 1.54) is 0 Å². The van der Waals surface area contributed by atoms with Crippen LogP contribution >= 0.6 is 11.8 Å². The number of aryl methyl sites for hydroxylation is 1. The van der Waals surface area contributed by atoms with Crippen molar-refractivity contribution in [2.75, 3.05) is 12.0 Å². The summed E-state index contributed by atoms with van der Waals surface area (Å²) in [5, 5.41) is 3.51. The number of nitrogens with one attached hydrogen (secondary N) is 1. The van der Waals surface area contributed by atoms with Gasteiger partial charge in [0.15, 0.2) is 0 Å². The zero-order chi connectivity index (χ0) is 15.9. The van der Waals surface area contributed by atoms with E-state index < -0.39 is 0 Å². The van der Waals surface area contributed by atoms with Gasteiger partial charge >= 0.3 is 0 Å². The summed E-state index contributed by atoms with van der Waals surface area (Å²) in [4.78, 5) is 15.9. The maximum Gasteiger partial charge on any atom is 0.213 e. The van der Waals surface area contributed by atoms with E-state index in [1.54, 1.807) is 18.0 Å². The van der Waals surface area contributed by atoms with Crippen LogP contribution in [-0.2, 0) is 11.2 Å². The molecular weight excluding hydrogens is 296 g/mol. The molecule has 1 fully saturated rings. The van der Waals surface area contributed by atoms with Crippen LogP contribution in [0.5, 0.6) is 5.88 Å². The number of ketones is 1. The molecule has 1 aromatic rings. The zero-order valence-electron chi connectivity index (χ0n) is 13.7. The maximum absolute atomic E-state index is 11.6. The molecule has 0 aromatic carbocycles. The predicted molar refractivity (Wildman–Crippen MR) is 91.7 cm³/mol. The quantitative estimate of drug-likeness (QED) is 0.757. The Morgan fingerprint density at radius 2 is 2.27 bits per heavy atom. The average molecular weight is 322 g/mol. The van der Waals surface area contributed by atoms with Crippen LogP contribution in [0.15, 0.2) is 18.3 Å². The van der Waals surface area contributed by atoms with E-state index in [0.717, 1.165) is 24.8 Å². The molecule has 0 saturated heterocycles. The Balaban J connectivity index is 1.76. The van der Waals surface area contributed by atoms with Crippen molar-refractivity contribution in [3.63, 3.8) is 0 Å². The monoisotopic (exact) mass is 322 g/mol. The number of rotatable bonds is 9. The fourth-order valence-corrected chi connectivity index (χ4v) is 3.09. The van der Waals surface area contributed by atoms with Crippen LogP contribution in [0.3, 0.4) is 0 Å². The molecule has 1 aliphatic rings. The molecule has 1 aromatic heterocycles. The van der Waals surface area contributed by atoms with Crippen molar-refractivity contribution < 1.29 is 9.53 Å². The van der Waals surface area contributed by atoms with Crippen molar-refractivity contribution in [3.8, 4) is 5.88 Å². The van der Waals surface area contributed by atoms with Crippen LogP contribution in [0, 0.1) is 0 Å². The van der Waals surface area contributed by atoms with Crippen molar-refractivity contribution in [1.82, 2.24) is 10.3 Å². The highest BCUT2D eigenvalue weighted by molar-refractivity contribution is 7.99. The summed E-state index contributed by atoms with van der Waals surface area (Å²) in [6.45, 7) is 4.33. The Hall–Kier alpha value is -1.07. The molecule has 1 saturated carbocycles. The van der Waals surface area contributed by atoms with Crippen LogP contribution < -0.4 is 10.1 Å². The predicted octanol–water partition coefficient (Wildman–Crippen LogP) is 2.85. The first-order chi connectivity index (χ1) is 10.6. The number of nitrogens with zero attached hydrogens (tertiary/aromatic N) is 1. The van der Waals surface area contributed by atoms with Crippen LogP contribution in [0.25, 0.3) is 0 Å². The smallest absolute Gasteiger partial charge is 0.213 e. The highest BCUT2D eigenvalue weighted by atomic mass is 32.2. The van der Waals surface area contributed by atoms with Gasteiger partial charge in [0.05, 0.1) is 5.75 Å². The number of carbonyl (C=O) groups excluding carboxylic acids is 1. The van der Waals surface area contributed by atoms with Gasteiger partial charge in [0, 0.05) is 30.8 Å². The van der Waals surface area contributed by atoms with Crippen LogP contribution in [0.1, 0.15) is 38.7 Å². The third-order valence-corrected chi connectivity index (χ3v) is 4.36. The van der Waals surface area contributed by atoms with Crippen molar-refractivity contribution in [1.29, 1.82) is 0 Å². The van der Waals surface area contributed by atoms with E-state index in [0.29, 0.717) is 35.9 Å². The highest BCUT2D eigenvalue weighted by Gasteiger charge is 2.31. The second kappa shape index (κ2) is 8.53. The molecule has 1 aliphatic carbocycles. The summed E-state index contributed by atoms with van der Waals surface area (Å²) in [7, 11) is 0. The van der Waals surface area contributed by atoms with E-state index in [4.69, 9.17) is 4.74 Å². The summed E-state index contributed by atoms with van der Waals surface area (Å²) in [5.74, 6) is 1.58. The number of hydrogen-bond acceptors (Lipinski definition) is 5. The molecule has 0 atom stereocenters. The lowest BCUT2D eigenvalue weighted by Crippen LogP contribution is -2.49. The van der Waals surface area contributed by atoms with Gasteiger partial charge in [0.2, 0.25) is 5.88 Å². The lowest BCUT2D eigenvalue weighted by Gasteiger charge is -2.36. The molecule has 0 unspecified atom stereocenters. The fraction of sp³-hybridized carbons (Fsp3) is 0.647. The van der Waals surface area contributed by atoms with Gasteiger partial charge in [-0.25, -0.2) is 4.98 Å². The summed E-state index contributed by atoms with van der Waals surface area (Å²) >= 11 is 1.58. The van der Waals surface area contributed by atoms with E-state index in [1.807, 2.05) is 18.4 Å². The molecular formula is C17H26N2O2S. The van der Waals surface area contributed by atoms with Gasteiger partial charge in [-0.05, 0) is 37.1 Å². The second-order valence-electron chi connectivity index (χ2n) is 6.20. The first-order valence-electron chi connectivity index (χ1n) is 7.95. The highest BCUT2D eigenvalue weighted by Crippen LogP contribution is 2.25. The number of carbonyl (C=O) groups is 1. The largest absolute Gasteiger partial charge is 0.474 e. The Kier molecular flexibility index (Phi) is 6.70. The maximum atomic E-state index is 11.6. The Bertz CT molecular complexity index is 487. The third-order valence-electron chi connectivity index (χ3n) is 3.75. The van der Waals surface area contributed by atoms with Gasteiger partial charge in [-0.1, -0.05) is 13.8 Å². The standard InChI is InChI=1S/C17H26N2O2S/c1-12(2)19-14-9-16(10-14)21-17-8-13(6-7-18-17)4-5-15(20)11-22-3/h6-8,12,14,16,19H,4-5,9-11H2,1-3H3. The van der Waals surface area contributed by atoms with Gasteiger partial charge in [-0.2, -0.15) is 11.8 Å². The normalized spacial score (nSPS) is 20.7. The molecule has 122 valence electrons. The van der Waals surface area contributed by atoms with Crippen molar-refractivity contribution in [2.24, 2.45) is 0 Å². The number of thioether (sulfide) groups is 1. The minimum absolute atomic E-state index is 0.261. The van der Waals surface area contributed by atoms with Crippen molar-refractivity contribution >= 4 is 17.5 Å². The number of aromatic nitrogens is 1. The number of ether oxygens (including phenoxy) is 1. The zero-order valence-corrected chi connectivity index (χ0v) is 14.5. The van der Waals surface area contributed by atoms with Crippen LogP contribution in [0.2, 0.25) is 0 Å². The Labute approximate surface area is 137 Å². The molecule has 5 heteroatoms. The van der Waals surface area contributed by atoms with Crippen LogP contribution in [0.4, 0.5) is 0 Å². The summed E-state index contributed by atoms with van der Waals surface area (Å²) in [6.07, 6.45) is 7.42. The van der Waals surface area contributed by atoms with E-state index >= 15 is 0 Å². The number of hydrogen-bond donors (Lipinski definition) is 1. The molecule has 0 aliphatic heterocycles. The second-order valence-corrected chi connectivity index (χ2v) is 7.07. The lowest BCUT2D eigenvalue weighted by molar-refractivity contribution is -0.116. The molecule has 0 bridgehead atoms. The number of pyridine rings is 1. The molecule has 2 rings (SSSR count). The first kappa shape index (κ1) is 17.3. The lowest BCUT2D eigenvalue weighted by atomic mass is 9.89. The molecule has 1 heterocycles. The third kappa shape index (κ3) is 5.61. The molecule has 0 amide bonds. The van der Waals surface area contributed by atoms with E-state index in [9.17, 15) is 4.79 Å². The minimum Gasteiger partial charge on any atom is -0.474 e. The number of Topliss-reactive ketones (excluding diaryl/α,β-unsaturated/α-hetero) is 1. The van der Waals surface area contributed by atoms with E-state index in [-0.39, 0.29) is 6.10 Å². The molecule has 22 heavy (non-hydrogen) atoms. The van der Waals surface area contributed by atoms with Crippen molar-refractivity contribution in [2.45, 2.75) is 57.7 Å². The van der Waals surface area contributed by atoms with E-state index in [2.05, 4.69) is 24.1 Å². The molecule has 4 nitrogen and oxygen atoms in total. The summed E-state index contributed by atoms with van der Waals surface area (Å²) < 4.78 is 5.92. The molecule has 0 radical (unpaired) electrons. The van der Waals surface area contributed by atoms with Gasteiger partial charge < -0.3 is 10.1 Å². The topological polar surface area (TPSA) is 51.2 Å². The average Bonchev–Trinajstić information content (AvgIpc) is 2.43. The fourth-order valence-electron chi connectivity index (χ4n) is 2.63. The Morgan fingerprint density at radius 3 is 2.95 bits per heavy atom. The minimum atomic E-state index is 0.261. The van der Waals surface area contributed by atoms with Gasteiger partial charge in [0.1, 0.15) is 11.9 Å². The first-order valence-corrected chi connectivity index (χ1v) is 9.34. The summed E-state index contributed by atoms with van der Waals surface area (Å²) in [6, 6.07) is 5.02. The Morgan fingerprint density at radius 1 is 1.50 bits per heavy atom. The SMILES string of the molecule is CSCC(=O)CCc1ccnc(OC2CC(NC(C)C)C2)c1. The van der Waals surface area contributed by atoms with Gasteiger partial charge in [-0.15, -0.1) is 0 Å². The molecule has 1 N–H and O–H groups in total. The van der Waals surface area contributed by atoms with Crippen molar-refractivity contribution in [3.05, 3.63) is 23.9 Å². The van der Waals surface area contributed by atoms with Gasteiger partial charge in [-0.3, -0.25) is 4.79 Å². The molecule has 0 spiro atoms. The van der Waals surface area contributed by atoms with Gasteiger partial charge in [0.25, 0.3) is 0 Å². The summed E-state index contributed by atoms with van der Waals surface area (Å²) in [5.41, 5.74) is 1.12. The van der Waals surface area contributed by atoms with Crippen LogP contribution in [-0.4, -0.2) is 41.0 Å².